The van der Waals surface area contributed by atoms with Gasteiger partial charge < -0.3 is 19.5 Å². The minimum atomic E-state index is -1.23. The number of carbonyl (C=O) groups excluding carboxylic acids is 1. The highest BCUT2D eigenvalue weighted by atomic mass is 28.3. The van der Waals surface area contributed by atoms with Crippen LogP contribution in [0.1, 0.15) is 28.5 Å². The van der Waals surface area contributed by atoms with E-state index in [1.807, 2.05) is 6.92 Å². The summed E-state index contributed by atoms with van der Waals surface area (Å²) >= 11 is 0. The van der Waals surface area contributed by atoms with Crippen LogP contribution in [0.3, 0.4) is 0 Å². The number of aromatic nitrogens is 3. The van der Waals surface area contributed by atoms with Gasteiger partial charge in [-0.2, -0.15) is 5.10 Å². The number of ether oxygens (including phenoxy) is 2. The standard InChI is InChI=1S/C30H37FN4O4Si/c1-6-39-28-15-22(10-11-25(28)21-8-7-9-24(31)14-21)30(37)34(2)18-23-16-32-27(19-36)26-17-33-35(29(23)26)20-38-12-13-40(3,4)5/h7-11,14-17,36H,6,12-13,18-20H2,1-5H3. The SMILES string of the molecule is CCOc1cc(C(=O)N(C)Cc2cnc(CO)c3cnn(COCC[Si](C)(C)C)c23)ccc1-c1cccc(F)c1. The third-order valence-corrected chi connectivity index (χ3v) is 8.31. The molecule has 0 bridgehead atoms. The van der Waals surface area contributed by atoms with Gasteiger partial charge in [0.25, 0.3) is 5.91 Å². The van der Waals surface area contributed by atoms with Gasteiger partial charge in [-0.25, -0.2) is 9.07 Å². The molecule has 212 valence electrons. The molecule has 40 heavy (non-hydrogen) atoms. The topological polar surface area (TPSA) is 89.7 Å². The molecule has 0 saturated carbocycles. The number of rotatable bonds is 12. The predicted molar refractivity (Wildman–Crippen MR) is 156 cm³/mol. The summed E-state index contributed by atoms with van der Waals surface area (Å²) in [5.41, 5.74) is 3.93. The summed E-state index contributed by atoms with van der Waals surface area (Å²) in [6, 6.07) is 12.5. The number of aliphatic hydroxyl groups excluding tert-OH is 1. The van der Waals surface area contributed by atoms with E-state index in [-0.39, 0.29) is 31.6 Å². The fourth-order valence-corrected chi connectivity index (χ4v) is 5.22. The van der Waals surface area contributed by atoms with Gasteiger partial charge in [-0.15, -0.1) is 0 Å². The third kappa shape index (κ3) is 6.93. The van der Waals surface area contributed by atoms with Crippen molar-refractivity contribution in [3.05, 3.63) is 77.5 Å². The van der Waals surface area contributed by atoms with Gasteiger partial charge in [-0.1, -0.05) is 31.8 Å². The molecule has 2 aromatic carbocycles. The molecule has 0 spiro atoms. The van der Waals surface area contributed by atoms with Crippen LogP contribution in [0.4, 0.5) is 4.39 Å². The van der Waals surface area contributed by atoms with E-state index in [0.717, 1.165) is 22.5 Å². The summed E-state index contributed by atoms with van der Waals surface area (Å²) in [6.07, 6.45) is 3.36. The Hall–Kier alpha value is -3.60. The smallest absolute Gasteiger partial charge is 0.254 e. The van der Waals surface area contributed by atoms with Crippen molar-refractivity contribution < 1.29 is 23.8 Å². The summed E-state index contributed by atoms with van der Waals surface area (Å²) in [7, 11) is 0.495. The fourth-order valence-electron chi connectivity index (χ4n) is 4.46. The van der Waals surface area contributed by atoms with Crippen molar-refractivity contribution in [2.75, 3.05) is 20.3 Å². The van der Waals surface area contributed by atoms with Gasteiger partial charge in [-0.05, 0) is 48.9 Å². The Morgan fingerprint density at radius 2 is 1.95 bits per heavy atom. The van der Waals surface area contributed by atoms with Gasteiger partial charge in [0.1, 0.15) is 18.3 Å². The Bertz CT molecular complexity index is 1480. The second-order valence-electron chi connectivity index (χ2n) is 11.0. The lowest BCUT2D eigenvalue weighted by Crippen LogP contribution is -2.27. The van der Waals surface area contributed by atoms with E-state index in [1.165, 1.54) is 12.1 Å². The summed E-state index contributed by atoms with van der Waals surface area (Å²) in [6.45, 7) is 10.1. The monoisotopic (exact) mass is 564 g/mol. The first-order chi connectivity index (χ1) is 19.1. The number of carbonyl (C=O) groups is 1. The molecule has 0 aliphatic carbocycles. The Morgan fingerprint density at radius 3 is 2.65 bits per heavy atom. The Labute approximate surface area is 235 Å². The number of aliphatic hydroxyl groups is 1. The maximum absolute atomic E-state index is 13.9. The molecule has 0 saturated heterocycles. The minimum absolute atomic E-state index is 0.205. The molecule has 4 rings (SSSR count). The molecule has 1 amide bonds. The van der Waals surface area contributed by atoms with E-state index in [2.05, 4.69) is 29.7 Å². The largest absolute Gasteiger partial charge is 0.493 e. The summed E-state index contributed by atoms with van der Waals surface area (Å²) in [5.74, 6) is -0.0338. The molecular formula is C30H37FN4O4Si. The predicted octanol–water partition coefficient (Wildman–Crippen LogP) is 5.71. The average molecular weight is 565 g/mol. The number of benzene rings is 2. The second-order valence-corrected chi connectivity index (χ2v) is 16.6. The number of hydrogen-bond donors (Lipinski definition) is 1. The molecule has 8 nitrogen and oxygen atoms in total. The molecule has 0 aliphatic rings. The quantitative estimate of drug-likeness (QED) is 0.175. The molecule has 0 aliphatic heterocycles. The maximum atomic E-state index is 13.9. The van der Waals surface area contributed by atoms with Crippen molar-refractivity contribution in [3.63, 3.8) is 0 Å². The average Bonchev–Trinajstić information content (AvgIpc) is 3.35. The molecule has 0 fully saturated rings. The number of pyridine rings is 1. The molecule has 0 unspecified atom stereocenters. The van der Waals surface area contributed by atoms with Gasteiger partial charge in [0, 0.05) is 56.5 Å². The molecule has 1 N–H and O–H groups in total. The lowest BCUT2D eigenvalue weighted by Gasteiger charge is -2.20. The van der Waals surface area contributed by atoms with Gasteiger partial charge in [0.2, 0.25) is 0 Å². The van der Waals surface area contributed by atoms with Crippen molar-refractivity contribution in [3.8, 4) is 16.9 Å². The molecular weight excluding hydrogens is 527 g/mol. The second kappa shape index (κ2) is 12.7. The summed E-state index contributed by atoms with van der Waals surface area (Å²) < 4.78 is 27.4. The van der Waals surface area contributed by atoms with Gasteiger partial charge in [0.15, 0.2) is 0 Å². The first kappa shape index (κ1) is 29.4. The first-order valence-corrected chi connectivity index (χ1v) is 17.1. The van der Waals surface area contributed by atoms with Gasteiger partial charge in [-0.3, -0.25) is 9.78 Å². The highest BCUT2D eigenvalue weighted by Crippen LogP contribution is 2.32. The van der Waals surface area contributed by atoms with Crippen molar-refractivity contribution in [1.29, 1.82) is 0 Å². The first-order valence-electron chi connectivity index (χ1n) is 13.4. The van der Waals surface area contributed by atoms with Crippen LogP contribution in [0, 0.1) is 5.82 Å². The van der Waals surface area contributed by atoms with Crippen LogP contribution in [0.5, 0.6) is 5.75 Å². The zero-order valence-corrected chi connectivity index (χ0v) is 24.8. The highest BCUT2D eigenvalue weighted by molar-refractivity contribution is 6.76. The summed E-state index contributed by atoms with van der Waals surface area (Å²) in [5, 5.41) is 15.0. The van der Waals surface area contributed by atoms with Crippen molar-refractivity contribution in [2.45, 2.75) is 52.5 Å². The van der Waals surface area contributed by atoms with Crippen molar-refractivity contribution in [1.82, 2.24) is 19.7 Å². The normalized spacial score (nSPS) is 11.7. The molecule has 4 aromatic rings. The highest BCUT2D eigenvalue weighted by Gasteiger charge is 2.20. The number of amides is 1. The maximum Gasteiger partial charge on any atom is 0.254 e. The van der Waals surface area contributed by atoms with E-state index in [9.17, 15) is 14.3 Å². The molecule has 2 heterocycles. The molecule has 0 radical (unpaired) electrons. The van der Waals surface area contributed by atoms with Crippen molar-refractivity contribution in [2.24, 2.45) is 0 Å². The number of halogens is 1. The van der Waals surface area contributed by atoms with Crippen molar-refractivity contribution >= 4 is 24.9 Å². The molecule has 10 heteroatoms. The number of hydrogen-bond acceptors (Lipinski definition) is 6. The zero-order chi connectivity index (χ0) is 28.9. The van der Waals surface area contributed by atoms with Crippen LogP contribution in [-0.4, -0.2) is 59.0 Å². The Kier molecular flexibility index (Phi) is 9.34. The van der Waals surface area contributed by atoms with Crippen LogP contribution < -0.4 is 4.74 Å². The van der Waals surface area contributed by atoms with Crippen LogP contribution in [0.25, 0.3) is 22.0 Å². The van der Waals surface area contributed by atoms with E-state index >= 15 is 0 Å². The minimum Gasteiger partial charge on any atom is -0.493 e. The lowest BCUT2D eigenvalue weighted by molar-refractivity contribution is 0.0781. The van der Waals surface area contributed by atoms with Crippen LogP contribution in [0.15, 0.2) is 54.9 Å². The number of nitrogens with zero attached hydrogens (tertiary/aromatic N) is 4. The van der Waals surface area contributed by atoms with Crippen LogP contribution in [-0.2, 0) is 24.6 Å². The van der Waals surface area contributed by atoms with Gasteiger partial charge >= 0.3 is 0 Å². The fraction of sp³-hybridized carbons (Fsp3) is 0.367. The van der Waals surface area contributed by atoms with E-state index in [1.54, 1.807) is 59.4 Å². The number of fused-ring (bicyclic) bond motifs is 1. The summed E-state index contributed by atoms with van der Waals surface area (Å²) in [4.78, 5) is 19.5. The Morgan fingerprint density at radius 1 is 1.15 bits per heavy atom. The molecule has 0 atom stereocenters. The zero-order valence-electron chi connectivity index (χ0n) is 23.8. The van der Waals surface area contributed by atoms with E-state index in [4.69, 9.17) is 9.47 Å². The lowest BCUT2D eigenvalue weighted by atomic mass is 10.0. The van der Waals surface area contributed by atoms with Crippen LogP contribution in [0.2, 0.25) is 25.7 Å². The van der Waals surface area contributed by atoms with Gasteiger partial charge in [0.05, 0.1) is 30.6 Å². The third-order valence-electron chi connectivity index (χ3n) is 6.61. The van der Waals surface area contributed by atoms with Crippen LogP contribution >= 0.6 is 0 Å². The molecule has 2 aromatic heterocycles. The van der Waals surface area contributed by atoms with E-state index in [0.29, 0.717) is 41.3 Å². The van der Waals surface area contributed by atoms with E-state index < -0.39 is 8.07 Å². The Balaban J connectivity index is 1.58.